The number of fused-ring (bicyclic) bond motifs is 4. The Morgan fingerprint density at radius 2 is 1.76 bits per heavy atom. The summed E-state index contributed by atoms with van der Waals surface area (Å²) in [4.78, 5) is 9.44. The van der Waals surface area contributed by atoms with Crippen molar-refractivity contribution in [3.05, 3.63) is 59.8 Å². The second-order valence-electron chi connectivity index (χ2n) is 6.51. The number of pyridine rings is 1. The minimum absolute atomic E-state index is 0.685. The number of rotatable bonds is 1. The van der Waals surface area contributed by atoms with E-state index in [2.05, 4.69) is 46.8 Å². The van der Waals surface area contributed by atoms with Crippen LogP contribution in [0.1, 0.15) is 11.3 Å². The first-order valence-corrected chi connectivity index (χ1v) is 8.35. The van der Waals surface area contributed by atoms with Crippen molar-refractivity contribution in [1.82, 2.24) is 14.5 Å². The predicted molar refractivity (Wildman–Crippen MR) is 101 cm³/mol. The van der Waals surface area contributed by atoms with E-state index in [4.69, 9.17) is 9.40 Å². The van der Waals surface area contributed by atoms with Gasteiger partial charge < -0.3 is 8.98 Å². The van der Waals surface area contributed by atoms with Crippen molar-refractivity contribution in [3.63, 3.8) is 0 Å². The Balaban J connectivity index is 1.88. The standard InChI is InChI=1S/C21H17N3O/c1-12-11-16-14-7-6-8-15(19(14)25-21(16)22-13(12)2)20-23-17-9-4-5-10-18(17)24(20)3/h4-11H,1-3H3. The van der Waals surface area contributed by atoms with Gasteiger partial charge in [-0.1, -0.05) is 24.3 Å². The number of hydrogen-bond acceptors (Lipinski definition) is 3. The molecule has 0 N–H and O–H groups in total. The molecule has 0 radical (unpaired) electrons. The van der Waals surface area contributed by atoms with Crippen molar-refractivity contribution in [2.24, 2.45) is 7.05 Å². The maximum atomic E-state index is 6.16. The summed E-state index contributed by atoms with van der Waals surface area (Å²) in [6, 6.07) is 16.5. The van der Waals surface area contributed by atoms with Crippen molar-refractivity contribution in [2.45, 2.75) is 13.8 Å². The number of para-hydroxylation sites is 3. The molecular weight excluding hydrogens is 310 g/mol. The fourth-order valence-corrected chi connectivity index (χ4v) is 3.47. The van der Waals surface area contributed by atoms with Gasteiger partial charge in [-0.2, -0.15) is 0 Å². The van der Waals surface area contributed by atoms with Crippen molar-refractivity contribution >= 4 is 33.1 Å². The Hall–Kier alpha value is -3.14. The molecule has 0 aliphatic heterocycles. The molecule has 0 amide bonds. The van der Waals surface area contributed by atoms with E-state index in [1.165, 1.54) is 5.56 Å². The Morgan fingerprint density at radius 1 is 0.920 bits per heavy atom. The van der Waals surface area contributed by atoms with Gasteiger partial charge >= 0.3 is 0 Å². The SMILES string of the molecule is Cc1cc2c(nc1C)oc1c(-c3nc4ccccc4n3C)cccc12. The van der Waals surface area contributed by atoms with Crippen LogP contribution >= 0.6 is 0 Å². The molecule has 0 atom stereocenters. The molecule has 0 bridgehead atoms. The van der Waals surface area contributed by atoms with Gasteiger partial charge in [0, 0.05) is 23.5 Å². The van der Waals surface area contributed by atoms with Crippen molar-refractivity contribution in [1.29, 1.82) is 0 Å². The zero-order valence-corrected chi connectivity index (χ0v) is 14.4. The van der Waals surface area contributed by atoms with Crippen molar-refractivity contribution in [2.75, 3.05) is 0 Å². The predicted octanol–water partition coefficient (Wildman–Crippen LogP) is 5.15. The third-order valence-corrected chi connectivity index (χ3v) is 4.96. The average Bonchev–Trinajstić information content (AvgIpc) is 3.14. The third kappa shape index (κ3) is 1.94. The molecule has 0 unspecified atom stereocenters. The van der Waals surface area contributed by atoms with E-state index in [-0.39, 0.29) is 0 Å². The Kier molecular flexibility index (Phi) is 2.80. The lowest BCUT2D eigenvalue weighted by atomic mass is 10.1. The van der Waals surface area contributed by atoms with Crippen molar-refractivity contribution < 1.29 is 4.42 Å². The van der Waals surface area contributed by atoms with Gasteiger partial charge in [-0.3, -0.25) is 0 Å². The summed E-state index contributed by atoms with van der Waals surface area (Å²) < 4.78 is 8.27. The molecule has 3 heterocycles. The number of aryl methyl sites for hydroxylation is 3. The molecule has 0 saturated carbocycles. The number of aromatic nitrogens is 3. The summed E-state index contributed by atoms with van der Waals surface area (Å²) in [6.45, 7) is 4.09. The van der Waals surface area contributed by atoms with Crippen LogP contribution in [0.25, 0.3) is 44.5 Å². The van der Waals surface area contributed by atoms with E-state index in [1.807, 2.05) is 32.2 Å². The number of imidazole rings is 1. The first kappa shape index (κ1) is 14.2. The quantitative estimate of drug-likeness (QED) is 0.427. The van der Waals surface area contributed by atoms with Crippen LogP contribution in [0.2, 0.25) is 0 Å². The van der Waals surface area contributed by atoms with Crippen LogP contribution in [0.5, 0.6) is 0 Å². The molecule has 25 heavy (non-hydrogen) atoms. The zero-order chi connectivity index (χ0) is 17.1. The molecule has 2 aromatic carbocycles. The second-order valence-corrected chi connectivity index (χ2v) is 6.51. The van der Waals surface area contributed by atoms with E-state index >= 15 is 0 Å². The van der Waals surface area contributed by atoms with Crippen LogP contribution in [0, 0.1) is 13.8 Å². The summed E-state index contributed by atoms with van der Waals surface area (Å²) in [5.41, 5.74) is 6.77. The van der Waals surface area contributed by atoms with E-state index in [9.17, 15) is 0 Å². The lowest BCUT2D eigenvalue weighted by molar-refractivity contribution is 0.652. The van der Waals surface area contributed by atoms with Crippen LogP contribution < -0.4 is 0 Å². The highest BCUT2D eigenvalue weighted by atomic mass is 16.3. The average molecular weight is 327 g/mol. The first-order valence-electron chi connectivity index (χ1n) is 8.35. The molecule has 0 aliphatic rings. The molecule has 0 saturated heterocycles. The van der Waals surface area contributed by atoms with Crippen LogP contribution in [0.3, 0.4) is 0 Å². The monoisotopic (exact) mass is 327 g/mol. The second kappa shape index (κ2) is 4.93. The topological polar surface area (TPSA) is 43.9 Å². The van der Waals surface area contributed by atoms with Gasteiger partial charge in [-0.25, -0.2) is 9.97 Å². The van der Waals surface area contributed by atoms with Gasteiger partial charge in [0.15, 0.2) is 0 Å². The fourth-order valence-electron chi connectivity index (χ4n) is 3.47. The number of hydrogen-bond donors (Lipinski definition) is 0. The molecule has 0 aliphatic carbocycles. The summed E-state index contributed by atoms with van der Waals surface area (Å²) in [5, 5.41) is 2.13. The van der Waals surface area contributed by atoms with E-state index in [0.29, 0.717) is 5.71 Å². The molecule has 0 fully saturated rings. The number of furan rings is 1. The van der Waals surface area contributed by atoms with Crippen LogP contribution in [0.15, 0.2) is 52.9 Å². The Morgan fingerprint density at radius 3 is 2.60 bits per heavy atom. The number of benzene rings is 2. The van der Waals surface area contributed by atoms with E-state index < -0.39 is 0 Å². The molecule has 4 heteroatoms. The van der Waals surface area contributed by atoms with Gasteiger partial charge in [0.05, 0.1) is 16.6 Å². The molecular formula is C21H17N3O. The van der Waals surface area contributed by atoms with Gasteiger partial charge in [0.1, 0.15) is 11.4 Å². The zero-order valence-electron chi connectivity index (χ0n) is 14.4. The van der Waals surface area contributed by atoms with Crippen molar-refractivity contribution in [3.8, 4) is 11.4 Å². The molecule has 122 valence electrons. The largest absolute Gasteiger partial charge is 0.437 e. The summed E-state index contributed by atoms with van der Waals surface area (Å²) in [7, 11) is 2.04. The lowest BCUT2D eigenvalue weighted by Crippen LogP contribution is -1.92. The summed E-state index contributed by atoms with van der Waals surface area (Å²) >= 11 is 0. The number of nitrogens with zero attached hydrogens (tertiary/aromatic N) is 3. The highest BCUT2D eigenvalue weighted by Gasteiger charge is 2.17. The minimum atomic E-state index is 0.685. The van der Waals surface area contributed by atoms with Gasteiger partial charge in [-0.05, 0) is 43.7 Å². The van der Waals surface area contributed by atoms with Crippen LogP contribution in [-0.4, -0.2) is 14.5 Å². The third-order valence-electron chi connectivity index (χ3n) is 4.96. The van der Waals surface area contributed by atoms with Gasteiger partial charge in [-0.15, -0.1) is 0 Å². The maximum absolute atomic E-state index is 6.16. The highest BCUT2D eigenvalue weighted by molar-refractivity contribution is 6.08. The smallest absolute Gasteiger partial charge is 0.227 e. The molecule has 4 nitrogen and oxygen atoms in total. The minimum Gasteiger partial charge on any atom is -0.437 e. The molecule has 0 spiro atoms. The normalized spacial score (nSPS) is 11.8. The van der Waals surface area contributed by atoms with Crippen LogP contribution in [-0.2, 0) is 7.05 Å². The summed E-state index contributed by atoms with van der Waals surface area (Å²) in [5.74, 6) is 0.902. The van der Waals surface area contributed by atoms with Gasteiger partial charge in [0.2, 0.25) is 5.71 Å². The van der Waals surface area contributed by atoms with Gasteiger partial charge in [0.25, 0.3) is 0 Å². The summed E-state index contributed by atoms with van der Waals surface area (Å²) in [6.07, 6.45) is 0. The first-order chi connectivity index (χ1) is 12.1. The molecule has 3 aromatic heterocycles. The lowest BCUT2D eigenvalue weighted by Gasteiger charge is -2.03. The fraction of sp³-hybridized carbons (Fsp3) is 0.143. The van der Waals surface area contributed by atoms with E-state index in [0.717, 1.165) is 44.5 Å². The van der Waals surface area contributed by atoms with E-state index in [1.54, 1.807) is 0 Å². The Labute approximate surface area is 144 Å². The maximum Gasteiger partial charge on any atom is 0.227 e. The molecule has 5 aromatic rings. The highest BCUT2D eigenvalue weighted by Crippen LogP contribution is 2.36. The van der Waals surface area contributed by atoms with Crippen LogP contribution in [0.4, 0.5) is 0 Å². The molecule has 5 rings (SSSR count). The Bertz CT molecular complexity index is 1280.